The minimum Gasteiger partial charge on any atom is -0.481 e. The van der Waals surface area contributed by atoms with E-state index in [1.54, 1.807) is 18.9 Å². The van der Waals surface area contributed by atoms with Gasteiger partial charge in [0.1, 0.15) is 0 Å². The summed E-state index contributed by atoms with van der Waals surface area (Å²) >= 11 is 1.46. The lowest BCUT2D eigenvalue weighted by molar-refractivity contribution is -0.146. The van der Waals surface area contributed by atoms with Gasteiger partial charge in [-0.3, -0.25) is 19.3 Å². The summed E-state index contributed by atoms with van der Waals surface area (Å²) in [6.07, 6.45) is 1.46. The Bertz CT molecular complexity index is 676. The number of carboxylic acids is 1. The van der Waals surface area contributed by atoms with E-state index in [4.69, 9.17) is 0 Å². The predicted octanol–water partition coefficient (Wildman–Crippen LogP) is 1.85. The van der Waals surface area contributed by atoms with Crippen molar-refractivity contribution in [2.24, 2.45) is 5.92 Å². The van der Waals surface area contributed by atoms with Crippen LogP contribution in [0.2, 0.25) is 0 Å². The van der Waals surface area contributed by atoms with Crippen molar-refractivity contribution in [3.05, 3.63) is 21.9 Å². The lowest BCUT2D eigenvalue weighted by Crippen LogP contribution is -2.55. The fraction of sp³-hybridized carbons (Fsp3) is 0.588. The van der Waals surface area contributed by atoms with Gasteiger partial charge in [0.15, 0.2) is 5.78 Å². The first-order valence-electron chi connectivity index (χ1n) is 8.13. The molecule has 3 heterocycles. The van der Waals surface area contributed by atoms with Gasteiger partial charge in [0, 0.05) is 33.1 Å². The van der Waals surface area contributed by atoms with Crippen LogP contribution in [0.15, 0.2) is 11.4 Å². The van der Waals surface area contributed by atoms with Gasteiger partial charge >= 0.3 is 5.97 Å². The molecule has 3 rings (SSSR count). The zero-order valence-corrected chi connectivity index (χ0v) is 14.8. The number of amides is 1. The molecule has 7 heteroatoms. The summed E-state index contributed by atoms with van der Waals surface area (Å²) in [6.45, 7) is 3.84. The second kappa shape index (κ2) is 6.29. The Hall–Kier alpha value is -1.73. The van der Waals surface area contributed by atoms with Crippen LogP contribution in [0.5, 0.6) is 0 Å². The van der Waals surface area contributed by atoms with E-state index in [2.05, 4.69) is 4.90 Å². The van der Waals surface area contributed by atoms with Gasteiger partial charge in [-0.2, -0.15) is 0 Å². The Kier molecular flexibility index (Phi) is 4.48. The zero-order chi connectivity index (χ0) is 17.5. The molecule has 1 aromatic heterocycles. The van der Waals surface area contributed by atoms with E-state index in [1.165, 1.54) is 11.3 Å². The number of hydrogen-bond donors (Lipinski definition) is 1. The molecular formula is C17H22N2O4S. The summed E-state index contributed by atoms with van der Waals surface area (Å²) in [5.41, 5.74) is 0.574. The topological polar surface area (TPSA) is 77.9 Å². The van der Waals surface area contributed by atoms with Gasteiger partial charge in [0.2, 0.25) is 5.91 Å². The monoisotopic (exact) mass is 350 g/mol. The van der Waals surface area contributed by atoms with Crippen LogP contribution >= 0.6 is 11.3 Å². The first-order valence-corrected chi connectivity index (χ1v) is 9.01. The number of aliphatic carboxylic acids is 1. The molecule has 1 amide bonds. The Morgan fingerprint density at radius 2 is 2.04 bits per heavy atom. The molecule has 2 aliphatic rings. The van der Waals surface area contributed by atoms with Crippen LogP contribution in [0.1, 0.15) is 41.4 Å². The number of piperidine rings is 1. The lowest BCUT2D eigenvalue weighted by atomic mass is 9.77. The average Bonchev–Trinajstić information content (AvgIpc) is 3.09. The van der Waals surface area contributed by atoms with Gasteiger partial charge in [-0.25, -0.2) is 0 Å². The molecule has 1 atom stereocenters. The molecule has 1 spiro atoms. The van der Waals surface area contributed by atoms with Crippen molar-refractivity contribution in [3.8, 4) is 0 Å². The Morgan fingerprint density at radius 1 is 1.38 bits per heavy atom. The number of nitrogens with zero attached hydrogens (tertiary/aromatic N) is 2. The smallest absolute Gasteiger partial charge is 0.309 e. The van der Waals surface area contributed by atoms with Gasteiger partial charge in [-0.15, -0.1) is 11.3 Å². The van der Waals surface area contributed by atoms with Crippen molar-refractivity contribution in [1.29, 1.82) is 0 Å². The third kappa shape index (κ3) is 2.86. The molecule has 1 aromatic rings. The van der Waals surface area contributed by atoms with Gasteiger partial charge in [0.05, 0.1) is 16.3 Å². The van der Waals surface area contributed by atoms with E-state index < -0.39 is 17.4 Å². The van der Waals surface area contributed by atoms with Crippen molar-refractivity contribution >= 4 is 29.0 Å². The maximum absolute atomic E-state index is 12.0. The normalized spacial score (nSPS) is 23.8. The number of likely N-dealkylation sites (tertiary alicyclic amines) is 2. The van der Waals surface area contributed by atoms with Crippen LogP contribution in [-0.4, -0.2) is 58.2 Å². The summed E-state index contributed by atoms with van der Waals surface area (Å²) in [5, 5.41) is 11.5. The lowest BCUT2D eigenvalue weighted by Gasteiger charge is -2.45. The molecule has 0 aliphatic carbocycles. The summed E-state index contributed by atoms with van der Waals surface area (Å²) in [7, 11) is 1.74. The molecule has 0 unspecified atom stereocenters. The third-order valence-electron chi connectivity index (χ3n) is 5.50. The number of Topliss-reactive ketones (excluding diaryl/α,β-unsaturated/α-hetero) is 1. The minimum atomic E-state index is -0.870. The van der Waals surface area contributed by atoms with E-state index in [1.807, 2.05) is 11.4 Å². The van der Waals surface area contributed by atoms with Crippen LogP contribution in [0.25, 0.3) is 0 Å². The van der Waals surface area contributed by atoms with E-state index >= 15 is 0 Å². The molecule has 1 N–H and O–H groups in total. The highest BCUT2D eigenvalue weighted by Crippen LogP contribution is 2.43. The number of rotatable bonds is 4. The van der Waals surface area contributed by atoms with Crippen LogP contribution in [0.3, 0.4) is 0 Å². The van der Waals surface area contributed by atoms with E-state index in [0.29, 0.717) is 12.8 Å². The second-order valence-corrected chi connectivity index (χ2v) is 7.71. The maximum atomic E-state index is 12.0. The summed E-state index contributed by atoms with van der Waals surface area (Å²) in [5.74, 6) is -1.47. The molecule has 130 valence electrons. The number of hydrogen-bond acceptors (Lipinski definition) is 5. The zero-order valence-electron chi connectivity index (χ0n) is 13.9. The first kappa shape index (κ1) is 17.1. The van der Waals surface area contributed by atoms with E-state index in [9.17, 15) is 19.5 Å². The predicted molar refractivity (Wildman–Crippen MR) is 90.1 cm³/mol. The highest BCUT2D eigenvalue weighted by atomic mass is 32.1. The van der Waals surface area contributed by atoms with Gasteiger partial charge in [0.25, 0.3) is 0 Å². The minimum absolute atomic E-state index is 0.0696. The number of ketones is 1. The van der Waals surface area contributed by atoms with Crippen molar-refractivity contribution in [1.82, 2.24) is 9.80 Å². The SMILES string of the molecule is CC(=O)c1cc(CN2CCC3(CC2)[C@H](C(=O)O)CC(=O)N3C)cs1. The number of carbonyl (C=O) groups is 3. The van der Waals surface area contributed by atoms with Gasteiger partial charge in [-0.05, 0) is 36.8 Å². The van der Waals surface area contributed by atoms with Gasteiger partial charge < -0.3 is 10.0 Å². The first-order chi connectivity index (χ1) is 11.3. The highest BCUT2D eigenvalue weighted by molar-refractivity contribution is 7.12. The van der Waals surface area contributed by atoms with Crippen molar-refractivity contribution in [2.75, 3.05) is 20.1 Å². The second-order valence-electron chi connectivity index (χ2n) is 6.80. The third-order valence-corrected chi connectivity index (χ3v) is 6.58. The Morgan fingerprint density at radius 3 is 2.58 bits per heavy atom. The Labute approximate surface area is 145 Å². The van der Waals surface area contributed by atoms with Crippen molar-refractivity contribution in [3.63, 3.8) is 0 Å². The molecule has 2 aliphatic heterocycles. The van der Waals surface area contributed by atoms with Crippen LogP contribution in [0, 0.1) is 5.92 Å². The molecule has 0 aromatic carbocycles. The van der Waals surface area contributed by atoms with E-state index in [0.717, 1.165) is 30.1 Å². The fourth-order valence-electron chi connectivity index (χ4n) is 3.98. The fourth-order valence-corrected chi connectivity index (χ4v) is 4.79. The molecule has 0 bridgehead atoms. The summed E-state index contributed by atoms with van der Waals surface area (Å²) in [6, 6.07) is 1.93. The van der Waals surface area contributed by atoms with Gasteiger partial charge in [-0.1, -0.05) is 0 Å². The molecular weight excluding hydrogens is 328 g/mol. The molecule has 0 radical (unpaired) electrons. The molecule has 2 saturated heterocycles. The van der Waals surface area contributed by atoms with Crippen molar-refractivity contribution < 1.29 is 19.5 Å². The summed E-state index contributed by atoms with van der Waals surface area (Å²) in [4.78, 5) is 39.7. The number of carbonyl (C=O) groups excluding carboxylic acids is 2. The van der Waals surface area contributed by atoms with Crippen LogP contribution in [-0.2, 0) is 16.1 Å². The van der Waals surface area contributed by atoms with Crippen molar-refractivity contribution in [2.45, 2.75) is 38.3 Å². The standard InChI is InChI=1S/C17H22N2O4S/c1-11(20)14-7-12(10-24-14)9-19-5-3-17(4-6-19)13(16(22)23)8-15(21)18(17)2/h7,10,13H,3-6,8-9H2,1-2H3,(H,22,23)/t13-/m0/s1. The molecule has 0 saturated carbocycles. The maximum Gasteiger partial charge on any atom is 0.309 e. The quantitative estimate of drug-likeness (QED) is 0.839. The number of carboxylic acid groups (broad SMARTS) is 1. The summed E-state index contributed by atoms with van der Waals surface area (Å²) < 4.78 is 0. The molecule has 6 nitrogen and oxygen atoms in total. The number of thiophene rings is 1. The largest absolute Gasteiger partial charge is 0.481 e. The average molecular weight is 350 g/mol. The van der Waals surface area contributed by atoms with Crippen LogP contribution < -0.4 is 0 Å². The Balaban J connectivity index is 1.67. The van der Waals surface area contributed by atoms with E-state index in [-0.39, 0.29) is 18.1 Å². The van der Waals surface area contributed by atoms with Crippen LogP contribution in [0.4, 0.5) is 0 Å². The molecule has 2 fully saturated rings. The highest BCUT2D eigenvalue weighted by Gasteiger charge is 2.55. The molecule has 24 heavy (non-hydrogen) atoms.